The van der Waals surface area contributed by atoms with Crippen LogP contribution < -0.4 is 11.5 Å². The minimum absolute atomic E-state index is 0.190. The van der Waals surface area contributed by atoms with E-state index in [-0.39, 0.29) is 5.91 Å². The van der Waals surface area contributed by atoms with Gasteiger partial charge in [-0.25, -0.2) is 10.1 Å². The summed E-state index contributed by atoms with van der Waals surface area (Å²) in [5, 5.41) is 1.36. The van der Waals surface area contributed by atoms with Crippen LogP contribution in [0, 0.1) is 0 Å². The van der Waals surface area contributed by atoms with Gasteiger partial charge in [0.05, 0.1) is 12.3 Å². The highest BCUT2D eigenvalue weighted by Gasteiger charge is 2.21. The second-order valence-electron chi connectivity index (χ2n) is 5.04. The predicted octanol–water partition coefficient (Wildman–Crippen LogP) is 1.59. The Morgan fingerprint density at radius 3 is 2.91 bits per heavy atom. The zero-order valence-electron chi connectivity index (χ0n) is 12.8. The van der Waals surface area contributed by atoms with E-state index in [4.69, 9.17) is 16.3 Å². The van der Waals surface area contributed by atoms with Crippen molar-refractivity contribution >= 4 is 23.5 Å². The number of para-hydroxylation sites is 1. The third-order valence-electron chi connectivity index (χ3n) is 3.20. The lowest BCUT2D eigenvalue weighted by Crippen LogP contribution is -2.35. The lowest BCUT2D eigenvalue weighted by molar-refractivity contribution is -0.181. The van der Waals surface area contributed by atoms with Gasteiger partial charge in [-0.1, -0.05) is 25.1 Å². The van der Waals surface area contributed by atoms with Crippen molar-refractivity contribution in [1.29, 1.82) is 0 Å². The molecule has 2 rings (SSSR count). The maximum Gasteiger partial charge on any atom is 0.273 e. The number of hydrogen-bond acceptors (Lipinski definition) is 5. The highest BCUT2D eigenvalue weighted by molar-refractivity contribution is 6.05. The average molecular weight is 302 g/mol. The number of hydrogen-bond donors (Lipinski definition) is 2. The lowest BCUT2D eigenvalue weighted by Gasteiger charge is -2.22. The Morgan fingerprint density at radius 1 is 1.41 bits per heavy atom. The van der Waals surface area contributed by atoms with Gasteiger partial charge in [0, 0.05) is 30.6 Å². The fraction of sp³-hybridized carbons (Fsp3) is 0.375. The maximum absolute atomic E-state index is 12.7. The number of hydroxylamine groups is 2. The first-order chi connectivity index (χ1) is 10.7. The molecule has 0 bridgehead atoms. The van der Waals surface area contributed by atoms with E-state index < -0.39 is 0 Å². The smallest absolute Gasteiger partial charge is 0.273 e. The fourth-order valence-electron chi connectivity index (χ4n) is 2.23. The van der Waals surface area contributed by atoms with Gasteiger partial charge < -0.3 is 11.5 Å². The molecular weight excluding hydrogens is 280 g/mol. The molecule has 0 atom stereocenters. The minimum Gasteiger partial charge on any atom is -0.387 e. The molecule has 0 aliphatic carbocycles. The molecule has 1 aromatic rings. The molecule has 6 nitrogen and oxygen atoms in total. The third-order valence-corrected chi connectivity index (χ3v) is 3.20. The zero-order valence-corrected chi connectivity index (χ0v) is 12.8. The van der Waals surface area contributed by atoms with E-state index in [0.717, 1.165) is 17.7 Å². The molecule has 0 radical (unpaired) electrons. The Bertz CT molecular complexity index is 596. The van der Waals surface area contributed by atoms with Gasteiger partial charge in [-0.15, -0.1) is 0 Å². The number of nitrogens with zero attached hydrogens (tertiary/aromatic N) is 2. The van der Waals surface area contributed by atoms with Crippen LogP contribution in [0.5, 0.6) is 0 Å². The van der Waals surface area contributed by atoms with E-state index >= 15 is 0 Å². The molecule has 1 heterocycles. The van der Waals surface area contributed by atoms with Crippen LogP contribution in [-0.4, -0.2) is 36.5 Å². The normalized spacial score (nSPS) is 13.7. The van der Waals surface area contributed by atoms with E-state index in [1.54, 1.807) is 0 Å². The molecule has 1 aromatic carbocycles. The van der Waals surface area contributed by atoms with Crippen molar-refractivity contribution in [3.8, 4) is 0 Å². The molecule has 1 aliphatic heterocycles. The molecule has 1 amide bonds. The van der Waals surface area contributed by atoms with Crippen LogP contribution in [0.1, 0.15) is 25.3 Å². The molecule has 0 saturated carbocycles. The van der Waals surface area contributed by atoms with Crippen molar-refractivity contribution in [2.24, 2.45) is 16.5 Å². The van der Waals surface area contributed by atoms with Crippen LogP contribution in [0.25, 0.3) is 6.08 Å². The Balaban J connectivity index is 2.28. The molecule has 4 N–H and O–H groups in total. The summed E-state index contributed by atoms with van der Waals surface area (Å²) < 4.78 is 0. The van der Waals surface area contributed by atoms with Crippen molar-refractivity contribution in [1.82, 2.24) is 5.06 Å². The Hall–Kier alpha value is -2.18. The van der Waals surface area contributed by atoms with Crippen molar-refractivity contribution in [3.63, 3.8) is 0 Å². The van der Waals surface area contributed by atoms with E-state index in [1.165, 1.54) is 5.06 Å². The number of amides is 1. The number of amidine groups is 1. The number of nitrogens with two attached hydrogens (primary N) is 2. The van der Waals surface area contributed by atoms with Crippen LogP contribution in [0.3, 0.4) is 0 Å². The molecule has 22 heavy (non-hydrogen) atoms. The SMILES string of the molecule is CCCN(OCCN)C(=O)C1=Cc2ccccc2N=C(N)C1. The summed E-state index contributed by atoms with van der Waals surface area (Å²) in [4.78, 5) is 22.5. The number of carbonyl (C=O) groups is 1. The van der Waals surface area contributed by atoms with Crippen LogP contribution in [-0.2, 0) is 9.63 Å². The number of aliphatic imine (C=N–C) groups is 1. The minimum atomic E-state index is -0.190. The van der Waals surface area contributed by atoms with Gasteiger partial charge >= 0.3 is 0 Å². The van der Waals surface area contributed by atoms with Gasteiger partial charge in [0.2, 0.25) is 0 Å². The second kappa shape index (κ2) is 7.72. The van der Waals surface area contributed by atoms with Crippen LogP contribution >= 0.6 is 0 Å². The zero-order chi connectivity index (χ0) is 15.9. The second-order valence-corrected chi connectivity index (χ2v) is 5.04. The first-order valence-corrected chi connectivity index (χ1v) is 7.43. The molecular formula is C16H22N4O2. The highest BCUT2D eigenvalue weighted by atomic mass is 16.7. The summed E-state index contributed by atoms with van der Waals surface area (Å²) in [6, 6.07) is 7.59. The van der Waals surface area contributed by atoms with E-state index in [9.17, 15) is 4.79 Å². The Kier molecular flexibility index (Phi) is 5.68. The summed E-state index contributed by atoms with van der Waals surface area (Å²) in [5.74, 6) is 0.227. The lowest BCUT2D eigenvalue weighted by atomic mass is 10.1. The molecule has 0 aromatic heterocycles. The first-order valence-electron chi connectivity index (χ1n) is 7.43. The third kappa shape index (κ3) is 3.93. The van der Waals surface area contributed by atoms with Gasteiger partial charge in [-0.05, 0) is 18.6 Å². The van der Waals surface area contributed by atoms with Crippen molar-refractivity contribution in [2.45, 2.75) is 19.8 Å². The summed E-state index contributed by atoms with van der Waals surface area (Å²) in [6.45, 7) is 3.16. The van der Waals surface area contributed by atoms with E-state index in [1.807, 2.05) is 37.3 Å². The summed E-state index contributed by atoms with van der Waals surface area (Å²) in [7, 11) is 0. The molecule has 0 unspecified atom stereocenters. The van der Waals surface area contributed by atoms with Gasteiger partial charge in [0.1, 0.15) is 5.84 Å². The van der Waals surface area contributed by atoms with Crippen molar-refractivity contribution < 1.29 is 9.63 Å². The Labute approximate surface area is 130 Å². The van der Waals surface area contributed by atoms with E-state index in [2.05, 4.69) is 4.99 Å². The summed E-state index contributed by atoms with van der Waals surface area (Å²) in [5.41, 5.74) is 13.6. The monoisotopic (exact) mass is 302 g/mol. The summed E-state index contributed by atoms with van der Waals surface area (Å²) in [6.07, 6.45) is 2.93. The topological polar surface area (TPSA) is 93.9 Å². The van der Waals surface area contributed by atoms with Gasteiger partial charge in [-0.3, -0.25) is 9.63 Å². The molecule has 6 heteroatoms. The summed E-state index contributed by atoms with van der Waals surface area (Å²) >= 11 is 0. The van der Waals surface area contributed by atoms with Crippen LogP contribution in [0.2, 0.25) is 0 Å². The van der Waals surface area contributed by atoms with E-state index in [0.29, 0.717) is 37.5 Å². The largest absolute Gasteiger partial charge is 0.387 e. The van der Waals surface area contributed by atoms with Gasteiger partial charge in [0.15, 0.2) is 0 Å². The molecule has 0 fully saturated rings. The average Bonchev–Trinajstić information content (AvgIpc) is 2.68. The number of benzene rings is 1. The maximum atomic E-state index is 12.7. The standard InChI is InChI=1S/C16H22N4O2/c1-2-8-20(22-9-7-17)16(21)13-10-12-5-3-4-6-14(12)19-15(18)11-13/h3-6,10H,2,7-9,11,17H2,1H3,(H2,18,19). The van der Waals surface area contributed by atoms with Crippen molar-refractivity contribution in [2.75, 3.05) is 19.7 Å². The van der Waals surface area contributed by atoms with Crippen LogP contribution in [0.15, 0.2) is 34.8 Å². The molecule has 1 aliphatic rings. The predicted molar refractivity (Wildman–Crippen MR) is 87.3 cm³/mol. The van der Waals surface area contributed by atoms with Crippen molar-refractivity contribution in [3.05, 3.63) is 35.4 Å². The first kappa shape index (κ1) is 16.2. The Morgan fingerprint density at radius 2 is 2.18 bits per heavy atom. The number of carbonyl (C=O) groups excluding carboxylic acids is 1. The number of fused-ring (bicyclic) bond motifs is 1. The van der Waals surface area contributed by atoms with Crippen LogP contribution in [0.4, 0.5) is 5.69 Å². The van der Waals surface area contributed by atoms with Gasteiger partial charge in [-0.2, -0.15) is 0 Å². The fourth-order valence-corrected chi connectivity index (χ4v) is 2.23. The molecule has 118 valence electrons. The van der Waals surface area contributed by atoms with Gasteiger partial charge in [0.25, 0.3) is 5.91 Å². The quantitative estimate of drug-likeness (QED) is 0.780. The molecule has 0 spiro atoms. The highest BCUT2D eigenvalue weighted by Crippen LogP contribution is 2.26. The molecule has 0 saturated heterocycles. The number of rotatable bonds is 6.